The predicted molar refractivity (Wildman–Crippen MR) is 111 cm³/mol. The van der Waals surface area contributed by atoms with Gasteiger partial charge in [-0.2, -0.15) is 0 Å². The van der Waals surface area contributed by atoms with E-state index in [1.165, 1.54) is 60.9 Å². The first-order valence-electron chi connectivity index (χ1n) is 8.82. The average Bonchev–Trinajstić information content (AvgIpc) is 2.87. The number of rotatable bonds is 3. The molecule has 4 rings (SSSR count). The third-order valence-corrected chi connectivity index (χ3v) is 5.15. The highest BCUT2D eigenvalue weighted by Crippen LogP contribution is 2.28. The zero-order valence-electron chi connectivity index (χ0n) is 15.0. The first kappa shape index (κ1) is 20.0. The van der Waals surface area contributed by atoms with E-state index < -0.39 is 0 Å². The maximum Gasteiger partial charge on any atom is 0.110 e. The van der Waals surface area contributed by atoms with Crippen molar-refractivity contribution in [2.24, 2.45) is 0 Å². The van der Waals surface area contributed by atoms with Gasteiger partial charge < -0.3 is 4.90 Å². The predicted octanol–water partition coefficient (Wildman–Crippen LogP) is 4.98. The lowest BCUT2D eigenvalue weighted by Crippen LogP contribution is -2.31. The molecular weight excluding hydrogens is 353 g/mol. The van der Waals surface area contributed by atoms with Gasteiger partial charge in [0.25, 0.3) is 0 Å². The third-order valence-electron chi connectivity index (χ3n) is 5.15. The molecule has 0 saturated carbocycles. The summed E-state index contributed by atoms with van der Waals surface area (Å²) in [5.74, 6) is 1.08. The van der Waals surface area contributed by atoms with Gasteiger partial charge in [0, 0.05) is 17.6 Å². The van der Waals surface area contributed by atoms with Crippen molar-refractivity contribution >= 4 is 41.2 Å². The first-order valence-corrected chi connectivity index (χ1v) is 8.82. The summed E-state index contributed by atoms with van der Waals surface area (Å²) in [5, 5.41) is 1.39. The Bertz CT molecular complexity index is 851. The molecule has 0 spiro atoms. The Morgan fingerprint density at radius 2 is 1.68 bits per heavy atom. The van der Waals surface area contributed by atoms with Gasteiger partial charge in [-0.05, 0) is 63.9 Å². The van der Waals surface area contributed by atoms with Crippen LogP contribution in [0.15, 0.2) is 30.3 Å². The maximum absolute atomic E-state index is 4.67. The van der Waals surface area contributed by atoms with E-state index in [0.717, 1.165) is 17.9 Å². The third kappa shape index (κ3) is 3.79. The van der Waals surface area contributed by atoms with Crippen LogP contribution in [0.2, 0.25) is 0 Å². The van der Waals surface area contributed by atoms with Crippen LogP contribution in [0.1, 0.15) is 36.3 Å². The topological polar surface area (TPSA) is 20.5 Å². The lowest BCUT2D eigenvalue weighted by Gasteiger charge is -2.26. The standard InChI is InChI=1S/C20H25N3.2ClH/c1-15-14-20-18(10-13-22-11-6-3-7-12-22)17-8-4-5-9-19(17)23(20)16(2)21-15;;/h4-5,8-9,14H,3,6-7,10-13H2,1-2H3;2*1H. The first-order chi connectivity index (χ1) is 11.2. The Hall–Kier alpha value is -1.29. The summed E-state index contributed by atoms with van der Waals surface area (Å²) >= 11 is 0. The molecule has 1 aromatic carbocycles. The van der Waals surface area contributed by atoms with Crippen LogP contribution in [-0.2, 0) is 6.42 Å². The Labute approximate surface area is 162 Å². The number of nitrogens with zero attached hydrogens (tertiary/aromatic N) is 3. The summed E-state index contributed by atoms with van der Waals surface area (Å²) in [7, 11) is 0. The molecule has 136 valence electrons. The highest BCUT2D eigenvalue weighted by Gasteiger charge is 2.16. The van der Waals surface area contributed by atoms with Gasteiger partial charge in [-0.25, -0.2) is 4.98 Å². The summed E-state index contributed by atoms with van der Waals surface area (Å²) in [6, 6.07) is 11.0. The van der Waals surface area contributed by atoms with Crippen LogP contribution in [0.5, 0.6) is 0 Å². The number of likely N-dealkylation sites (tertiary alicyclic amines) is 1. The van der Waals surface area contributed by atoms with Crippen molar-refractivity contribution in [3.05, 3.63) is 47.4 Å². The number of para-hydroxylation sites is 1. The molecule has 3 nitrogen and oxygen atoms in total. The van der Waals surface area contributed by atoms with Gasteiger partial charge in [-0.3, -0.25) is 4.40 Å². The second kappa shape index (κ2) is 8.39. The van der Waals surface area contributed by atoms with Crippen LogP contribution in [0, 0.1) is 13.8 Å². The van der Waals surface area contributed by atoms with E-state index in [0.29, 0.717) is 0 Å². The molecule has 0 N–H and O–H groups in total. The van der Waals surface area contributed by atoms with E-state index in [-0.39, 0.29) is 24.8 Å². The van der Waals surface area contributed by atoms with Crippen LogP contribution in [0.4, 0.5) is 0 Å². The minimum absolute atomic E-state index is 0. The summed E-state index contributed by atoms with van der Waals surface area (Å²) in [6.07, 6.45) is 5.25. The van der Waals surface area contributed by atoms with Crippen molar-refractivity contribution in [3.63, 3.8) is 0 Å². The Kier molecular flexibility index (Phi) is 6.72. The molecule has 1 saturated heterocycles. The van der Waals surface area contributed by atoms with Gasteiger partial charge >= 0.3 is 0 Å². The number of piperidine rings is 1. The summed E-state index contributed by atoms with van der Waals surface area (Å²) in [6.45, 7) is 7.91. The molecule has 0 amide bonds. The number of halogens is 2. The molecule has 1 aliphatic rings. The molecular formula is C20H27Cl2N3. The van der Waals surface area contributed by atoms with Gasteiger partial charge in [0.1, 0.15) is 5.82 Å². The molecule has 3 heterocycles. The number of hydrogen-bond acceptors (Lipinski definition) is 2. The maximum atomic E-state index is 4.67. The average molecular weight is 380 g/mol. The molecule has 1 fully saturated rings. The van der Waals surface area contributed by atoms with Gasteiger partial charge in [-0.1, -0.05) is 24.6 Å². The Balaban J connectivity index is 0.00000113. The number of fused-ring (bicyclic) bond motifs is 3. The molecule has 0 radical (unpaired) electrons. The molecule has 2 aromatic heterocycles. The molecule has 0 atom stereocenters. The monoisotopic (exact) mass is 379 g/mol. The lowest BCUT2D eigenvalue weighted by molar-refractivity contribution is 0.232. The molecule has 0 aliphatic carbocycles. The van der Waals surface area contributed by atoms with Crippen molar-refractivity contribution in [2.75, 3.05) is 19.6 Å². The van der Waals surface area contributed by atoms with Gasteiger partial charge in [0.05, 0.1) is 11.0 Å². The van der Waals surface area contributed by atoms with Crippen LogP contribution in [0.3, 0.4) is 0 Å². The van der Waals surface area contributed by atoms with E-state index >= 15 is 0 Å². The fraction of sp³-hybridized carbons (Fsp3) is 0.450. The summed E-state index contributed by atoms with van der Waals surface area (Å²) in [5.41, 5.74) is 5.23. The molecule has 3 aromatic rings. The van der Waals surface area contributed by atoms with E-state index in [9.17, 15) is 0 Å². The van der Waals surface area contributed by atoms with E-state index in [1.54, 1.807) is 0 Å². The SMILES string of the molecule is Cc1cc2c(CCN3CCCCC3)c3ccccc3n2c(C)n1.Cl.Cl. The van der Waals surface area contributed by atoms with Crippen LogP contribution in [0.25, 0.3) is 16.4 Å². The van der Waals surface area contributed by atoms with Crippen molar-refractivity contribution in [3.8, 4) is 0 Å². The molecule has 25 heavy (non-hydrogen) atoms. The second-order valence-corrected chi connectivity index (χ2v) is 6.81. The van der Waals surface area contributed by atoms with Crippen LogP contribution >= 0.6 is 24.8 Å². The van der Waals surface area contributed by atoms with Gasteiger partial charge in [0.15, 0.2) is 0 Å². The zero-order chi connectivity index (χ0) is 15.8. The number of hydrogen-bond donors (Lipinski definition) is 0. The Morgan fingerprint density at radius 3 is 2.44 bits per heavy atom. The van der Waals surface area contributed by atoms with Crippen molar-refractivity contribution in [1.29, 1.82) is 0 Å². The van der Waals surface area contributed by atoms with Crippen LogP contribution in [-0.4, -0.2) is 33.9 Å². The van der Waals surface area contributed by atoms with Crippen molar-refractivity contribution in [1.82, 2.24) is 14.3 Å². The minimum atomic E-state index is 0. The van der Waals surface area contributed by atoms with E-state index in [1.807, 2.05) is 0 Å². The van der Waals surface area contributed by atoms with E-state index in [2.05, 4.69) is 58.5 Å². The van der Waals surface area contributed by atoms with Crippen LogP contribution < -0.4 is 0 Å². The van der Waals surface area contributed by atoms with Crippen molar-refractivity contribution < 1.29 is 0 Å². The lowest BCUT2D eigenvalue weighted by atomic mass is 10.1. The zero-order valence-corrected chi connectivity index (χ0v) is 16.6. The number of aryl methyl sites for hydroxylation is 2. The smallest absolute Gasteiger partial charge is 0.110 e. The fourth-order valence-electron chi connectivity index (χ4n) is 4.08. The fourth-order valence-corrected chi connectivity index (χ4v) is 4.08. The number of benzene rings is 1. The summed E-state index contributed by atoms with van der Waals surface area (Å²) < 4.78 is 2.33. The molecule has 0 bridgehead atoms. The highest BCUT2D eigenvalue weighted by molar-refractivity contribution is 5.92. The largest absolute Gasteiger partial charge is 0.303 e. The van der Waals surface area contributed by atoms with E-state index in [4.69, 9.17) is 0 Å². The minimum Gasteiger partial charge on any atom is -0.303 e. The second-order valence-electron chi connectivity index (χ2n) is 6.81. The molecule has 1 aliphatic heterocycles. The Morgan fingerprint density at radius 1 is 0.960 bits per heavy atom. The molecule has 5 heteroatoms. The van der Waals surface area contributed by atoms with Gasteiger partial charge in [-0.15, -0.1) is 24.8 Å². The quantitative estimate of drug-likeness (QED) is 0.639. The normalized spacial score (nSPS) is 15.1. The van der Waals surface area contributed by atoms with Crippen molar-refractivity contribution in [2.45, 2.75) is 39.5 Å². The summed E-state index contributed by atoms with van der Waals surface area (Å²) in [4.78, 5) is 7.30. The number of aromatic nitrogens is 2. The highest BCUT2D eigenvalue weighted by atomic mass is 35.5. The molecule has 0 unspecified atom stereocenters. The van der Waals surface area contributed by atoms with Gasteiger partial charge in [0.2, 0.25) is 0 Å².